The number of carboxylic acid groups (broad SMARTS) is 1. The van der Waals surface area contributed by atoms with Gasteiger partial charge in [-0.3, -0.25) is 9.59 Å². The van der Waals surface area contributed by atoms with Gasteiger partial charge in [0.05, 0.1) is 7.11 Å². The lowest BCUT2D eigenvalue weighted by Crippen LogP contribution is -2.28. The Morgan fingerprint density at radius 1 is 1.24 bits per heavy atom. The number of anilines is 1. The molecule has 2 aliphatic carbocycles. The first kappa shape index (κ1) is 18.9. The van der Waals surface area contributed by atoms with Crippen molar-refractivity contribution in [1.82, 2.24) is 0 Å². The van der Waals surface area contributed by atoms with Crippen molar-refractivity contribution < 1.29 is 28.6 Å². The topological polar surface area (TPSA) is 84.9 Å². The highest BCUT2D eigenvalue weighted by Gasteiger charge is 2.45. The summed E-state index contributed by atoms with van der Waals surface area (Å²) in [5.41, 5.74) is 2.72. The maximum absolute atomic E-state index is 13.8. The molecule has 0 fully saturated rings. The van der Waals surface area contributed by atoms with Crippen LogP contribution in [0.15, 0.2) is 71.1 Å². The highest BCUT2D eigenvalue weighted by molar-refractivity contribution is 6.32. The van der Waals surface area contributed by atoms with Gasteiger partial charge in [0.15, 0.2) is 0 Å². The number of aliphatic carboxylic acids is 1. The zero-order valence-corrected chi connectivity index (χ0v) is 15.7. The van der Waals surface area contributed by atoms with E-state index in [4.69, 9.17) is 9.47 Å². The lowest BCUT2D eigenvalue weighted by molar-refractivity contribution is -0.143. The predicted molar refractivity (Wildman–Crippen MR) is 104 cm³/mol. The Balaban J connectivity index is 1.96. The predicted octanol–water partition coefficient (Wildman–Crippen LogP) is 3.21. The van der Waals surface area contributed by atoms with E-state index in [1.54, 1.807) is 30.4 Å². The van der Waals surface area contributed by atoms with Crippen LogP contribution in [0.1, 0.15) is 5.56 Å². The van der Waals surface area contributed by atoms with Crippen molar-refractivity contribution in [3.63, 3.8) is 0 Å². The molecule has 1 aromatic carbocycles. The van der Waals surface area contributed by atoms with E-state index in [1.807, 2.05) is 0 Å². The van der Waals surface area contributed by atoms with Crippen molar-refractivity contribution in [3.05, 3.63) is 82.4 Å². The summed E-state index contributed by atoms with van der Waals surface area (Å²) >= 11 is 0. The summed E-state index contributed by atoms with van der Waals surface area (Å²) < 4.78 is 24.8. The van der Waals surface area contributed by atoms with Crippen molar-refractivity contribution >= 4 is 23.1 Å². The van der Waals surface area contributed by atoms with Crippen LogP contribution in [-0.2, 0) is 19.1 Å². The molecular weight excluding hydrogens is 377 g/mol. The lowest BCUT2D eigenvalue weighted by Gasteiger charge is -2.17. The highest BCUT2D eigenvalue weighted by atomic mass is 19.1. The molecule has 0 saturated carbocycles. The van der Waals surface area contributed by atoms with E-state index in [1.165, 1.54) is 32.4 Å². The van der Waals surface area contributed by atoms with Crippen molar-refractivity contribution in [1.29, 1.82) is 0 Å². The first-order valence-electron chi connectivity index (χ1n) is 8.92. The summed E-state index contributed by atoms with van der Waals surface area (Å²) in [6, 6.07) is 4.03. The molecule has 4 rings (SSSR count). The number of hydrogen-bond acceptors (Lipinski definition) is 4. The van der Waals surface area contributed by atoms with Gasteiger partial charge in [-0.05, 0) is 41.5 Å². The third-order valence-corrected chi connectivity index (χ3v) is 5.21. The van der Waals surface area contributed by atoms with Crippen LogP contribution in [0.3, 0.4) is 0 Å². The zero-order valence-electron chi connectivity index (χ0n) is 15.7. The van der Waals surface area contributed by atoms with Crippen molar-refractivity contribution in [2.45, 2.75) is 6.10 Å². The minimum Gasteiger partial charge on any atom is -0.496 e. The van der Waals surface area contributed by atoms with Gasteiger partial charge in [0.2, 0.25) is 0 Å². The standard InChI is InChI=1S/C22H18FNO5/c1-28-17-6-4-3-5-12-18(17)15(20(29-2)19(12)22(26)27)10-14-13-9-11(23)7-8-16(13)24-21(14)25/h3-10,19-20H,1-2H3,(H,24,25)(H,26,27). The minimum absolute atomic E-state index is 0.238. The second-order valence-corrected chi connectivity index (χ2v) is 6.75. The molecule has 7 heteroatoms. The fourth-order valence-electron chi connectivity index (χ4n) is 3.97. The third kappa shape index (κ3) is 3.00. The molecule has 0 saturated heterocycles. The molecule has 148 valence electrons. The molecule has 29 heavy (non-hydrogen) atoms. The van der Waals surface area contributed by atoms with Gasteiger partial charge < -0.3 is 19.9 Å². The Kier molecular flexibility index (Phi) is 4.68. The number of nitrogens with one attached hydrogen (secondary N) is 1. The first-order chi connectivity index (χ1) is 14.0. The van der Waals surface area contributed by atoms with Crippen molar-refractivity contribution in [2.75, 3.05) is 19.5 Å². The number of allylic oxidation sites excluding steroid dienone is 5. The van der Waals surface area contributed by atoms with Crippen LogP contribution >= 0.6 is 0 Å². The van der Waals surface area contributed by atoms with Crippen LogP contribution < -0.4 is 5.32 Å². The quantitative estimate of drug-likeness (QED) is 0.765. The molecule has 0 radical (unpaired) electrons. The van der Waals surface area contributed by atoms with E-state index in [9.17, 15) is 19.1 Å². The molecule has 1 aromatic rings. The normalized spacial score (nSPS) is 24.0. The van der Waals surface area contributed by atoms with E-state index in [0.29, 0.717) is 33.7 Å². The number of ether oxygens (including phenoxy) is 2. The largest absolute Gasteiger partial charge is 0.496 e. The number of methoxy groups -OCH3 is 2. The van der Waals surface area contributed by atoms with Gasteiger partial charge >= 0.3 is 5.97 Å². The Bertz CT molecular complexity index is 1080. The first-order valence-corrected chi connectivity index (χ1v) is 8.92. The number of fused-ring (bicyclic) bond motifs is 2. The van der Waals surface area contributed by atoms with Gasteiger partial charge in [-0.25, -0.2) is 4.39 Å². The van der Waals surface area contributed by atoms with Crippen LogP contribution in [0, 0.1) is 11.7 Å². The van der Waals surface area contributed by atoms with E-state index in [0.717, 1.165) is 0 Å². The van der Waals surface area contributed by atoms with E-state index in [-0.39, 0.29) is 5.57 Å². The smallest absolute Gasteiger partial charge is 0.314 e. The van der Waals surface area contributed by atoms with Gasteiger partial charge in [0.1, 0.15) is 23.6 Å². The molecule has 1 amide bonds. The van der Waals surface area contributed by atoms with Gasteiger partial charge in [0, 0.05) is 29.5 Å². The molecule has 1 aliphatic heterocycles. The van der Waals surface area contributed by atoms with Gasteiger partial charge in [-0.1, -0.05) is 18.2 Å². The summed E-state index contributed by atoms with van der Waals surface area (Å²) in [7, 11) is 2.91. The molecule has 2 atom stereocenters. The number of hydrogen-bond donors (Lipinski definition) is 2. The Hall–Kier alpha value is -3.45. The number of amides is 1. The minimum atomic E-state index is -1.05. The SMILES string of the molecule is COC1=CC=CC=C2C1=C(C=C1C(=O)Nc3ccc(F)cc31)C(OC)C2C(=O)O. The average Bonchev–Trinajstić information content (AvgIpc) is 3.07. The summed E-state index contributed by atoms with van der Waals surface area (Å²) in [6.45, 7) is 0. The summed E-state index contributed by atoms with van der Waals surface area (Å²) in [5.74, 6) is -2.44. The van der Waals surface area contributed by atoms with Crippen LogP contribution in [-0.4, -0.2) is 37.3 Å². The monoisotopic (exact) mass is 395 g/mol. The molecule has 3 aliphatic rings. The van der Waals surface area contributed by atoms with E-state index < -0.39 is 29.7 Å². The number of carboxylic acids is 1. The molecule has 6 nitrogen and oxygen atoms in total. The Labute approximate surface area is 166 Å². The maximum Gasteiger partial charge on any atom is 0.314 e. The van der Waals surface area contributed by atoms with Crippen molar-refractivity contribution in [2.24, 2.45) is 5.92 Å². The fourth-order valence-corrected chi connectivity index (χ4v) is 3.97. The lowest BCUT2D eigenvalue weighted by atomic mass is 9.95. The van der Waals surface area contributed by atoms with Crippen molar-refractivity contribution in [3.8, 4) is 0 Å². The third-order valence-electron chi connectivity index (χ3n) is 5.21. The Morgan fingerprint density at radius 2 is 2.00 bits per heavy atom. The van der Waals surface area contributed by atoms with Crippen LogP contribution in [0.25, 0.3) is 5.57 Å². The van der Waals surface area contributed by atoms with E-state index >= 15 is 0 Å². The molecule has 0 spiro atoms. The van der Waals surface area contributed by atoms with Crippen LogP contribution in [0.4, 0.5) is 10.1 Å². The number of halogens is 1. The number of rotatable bonds is 4. The molecule has 0 aromatic heterocycles. The van der Waals surface area contributed by atoms with Gasteiger partial charge in [0.25, 0.3) is 5.91 Å². The second-order valence-electron chi connectivity index (χ2n) is 6.75. The highest BCUT2D eigenvalue weighted by Crippen LogP contribution is 2.45. The Morgan fingerprint density at radius 3 is 2.69 bits per heavy atom. The van der Waals surface area contributed by atoms with Gasteiger partial charge in [-0.15, -0.1) is 0 Å². The summed E-state index contributed by atoms with van der Waals surface area (Å²) in [6.07, 6.45) is 7.63. The molecule has 2 N–H and O–H groups in total. The van der Waals surface area contributed by atoms with Gasteiger partial charge in [-0.2, -0.15) is 0 Å². The zero-order chi connectivity index (χ0) is 20.7. The number of carbonyl (C=O) groups excluding carboxylic acids is 1. The average molecular weight is 395 g/mol. The summed E-state index contributed by atoms with van der Waals surface area (Å²) in [5, 5.41) is 12.5. The molecular formula is C22H18FNO5. The number of carbonyl (C=O) groups is 2. The van der Waals surface area contributed by atoms with Crippen LogP contribution in [0.2, 0.25) is 0 Å². The molecule has 1 heterocycles. The maximum atomic E-state index is 13.8. The summed E-state index contributed by atoms with van der Waals surface area (Å²) in [4.78, 5) is 24.6. The number of benzene rings is 1. The van der Waals surface area contributed by atoms with E-state index in [2.05, 4.69) is 5.32 Å². The van der Waals surface area contributed by atoms with Crippen LogP contribution in [0.5, 0.6) is 0 Å². The fraction of sp³-hybridized carbons (Fsp3) is 0.182. The molecule has 2 unspecified atom stereocenters. The molecule has 0 bridgehead atoms. The second kappa shape index (κ2) is 7.18.